The van der Waals surface area contributed by atoms with Gasteiger partial charge in [-0.2, -0.15) is 0 Å². The van der Waals surface area contributed by atoms with Gasteiger partial charge in [-0.15, -0.1) is 0 Å². The average molecular weight is 330 g/mol. The second-order valence-corrected chi connectivity index (χ2v) is 6.35. The Balaban J connectivity index is 1.97. The molecule has 24 heavy (non-hydrogen) atoms. The van der Waals surface area contributed by atoms with Gasteiger partial charge in [0.15, 0.2) is 0 Å². The van der Waals surface area contributed by atoms with Crippen LogP contribution >= 0.6 is 0 Å². The molecular weight excluding hydrogens is 304 g/mol. The van der Waals surface area contributed by atoms with Crippen LogP contribution in [-0.4, -0.2) is 36.9 Å². The van der Waals surface area contributed by atoms with Crippen LogP contribution in [0.15, 0.2) is 30.3 Å². The standard InChI is InChI=1S/C19H26N2O3/c1-14(16-6-8-17(24-2)9-7-16)12-19(23)21-11-3-4-15(13-21)5-10-18(20)22/h6-9,12,15H,3-5,10-11,13H2,1-2H3,(H2,20,22)/b14-12+/t15-/m1/s1. The topological polar surface area (TPSA) is 72.6 Å². The second-order valence-electron chi connectivity index (χ2n) is 6.35. The van der Waals surface area contributed by atoms with Crippen molar-refractivity contribution in [1.29, 1.82) is 0 Å². The predicted molar refractivity (Wildman–Crippen MR) is 94.4 cm³/mol. The highest BCUT2D eigenvalue weighted by atomic mass is 16.5. The highest BCUT2D eigenvalue weighted by Gasteiger charge is 2.22. The summed E-state index contributed by atoms with van der Waals surface area (Å²) in [6, 6.07) is 7.67. The maximum absolute atomic E-state index is 12.5. The monoisotopic (exact) mass is 330 g/mol. The smallest absolute Gasteiger partial charge is 0.246 e. The molecule has 1 aliphatic heterocycles. The summed E-state index contributed by atoms with van der Waals surface area (Å²) in [7, 11) is 1.63. The van der Waals surface area contributed by atoms with Crippen molar-refractivity contribution in [2.45, 2.75) is 32.6 Å². The number of benzene rings is 1. The molecule has 5 heteroatoms. The van der Waals surface area contributed by atoms with Crippen LogP contribution in [0, 0.1) is 5.92 Å². The summed E-state index contributed by atoms with van der Waals surface area (Å²) in [5.74, 6) is 0.928. The first-order valence-corrected chi connectivity index (χ1v) is 8.39. The Morgan fingerprint density at radius 1 is 1.33 bits per heavy atom. The van der Waals surface area contributed by atoms with Gasteiger partial charge in [-0.3, -0.25) is 9.59 Å². The lowest BCUT2D eigenvalue weighted by Gasteiger charge is -2.32. The number of nitrogens with two attached hydrogens (primary N) is 1. The minimum Gasteiger partial charge on any atom is -0.497 e. The van der Waals surface area contributed by atoms with Gasteiger partial charge in [-0.25, -0.2) is 0 Å². The number of ether oxygens (including phenoxy) is 1. The van der Waals surface area contributed by atoms with E-state index in [9.17, 15) is 9.59 Å². The van der Waals surface area contributed by atoms with Crippen LogP contribution in [0.4, 0.5) is 0 Å². The zero-order valence-electron chi connectivity index (χ0n) is 14.5. The summed E-state index contributed by atoms with van der Waals surface area (Å²) in [5.41, 5.74) is 7.16. The Labute approximate surface area is 143 Å². The number of hydrogen-bond acceptors (Lipinski definition) is 3. The van der Waals surface area contributed by atoms with Crippen LogP contribution in [0.5, 0.6) is 5.75 Å². The minimum atomic E-state index is -0.270. The maximum atomic E-state index is 12.5. The second kappa shape index (κ2) is 8.52. The number of carbonyl (C=O) groups is 2. The van der Waals surface area contributed by atoms with Crippen molar-refractivity contribution in [3.8, 4) is 5.75 Å². The van der Waals surface area contributed by atoms with E-state index in [0.29, 0.717) is 18.9 Å². The summed E-state index contributed by atoms with van der Waals surface area (Å²) in [5, 5.41) is 0. The van der Waals surface area contributed by atoms with E-state index in [1.807, 2.05) is 36.1 Å². The number of methoxy groups -OCH3 is 1. The van der Waals surface area contributed by atoms with Crippen LogP contribution < -0.4 is 10.5 Å². The predicted octanol–water partition coefficient (Wildman–Crippen LogP) is 2.60. The molecule has 1 aromatic rings. The SMILES string of the molecule is COc1ccc(/C(C)=C/C(=O)N2CCC[C@H](CCC(N)=O)C2)cc1. The molecule has 1 saturated heterocycles. The third-order valence-corrected chi connectivity index (χ3v) is 4.51. The molecule has 2 amide bonds. The van der Waals surface area contributed by atoms with E-state index in [2.05, 4.69) is 0 Å². The highest BCUT2D eigenvalue weighted by molar-refractivity contribution is 5.95. The molecular formula is C19H26N2O3. The molecule has 1 atom stereocenters. The molecule has 0 radical (unpaired) electrons. The molecule has 0 unspecified atom stereocenters. The largest absolute Gasteiger partial charge is 0.497 e. The minimum absolute atomic E-state index is 0.0343. The summed E-state index contributed by atoms with van der Waals surface area (Å²) in [4.78, 5) is 25.3. The van der Waals surface area contributed by atoms with E-state index < -0.39 is 0 Å². The Kier molecular flexibility index (Phi) is 6.41. The normalized spacial score (nSPS) is 18.3. The van der Waals surface area contributed by atoms with Crippen molar-refractivity contribution in [3.05, 3.63) is 35.9 Å². The first-order valence-electron chi connectivity index (χ1n) is 8.39. The van der Waals surface area contributed by atoms with Crippen molar-refractivity contribution in [1.82, 2.24) is 4.90 Å². The number of primary amides is 1. The fourth-order valence-electron chi connectivity index (χ4n) is 3.06. The molecule has 0 bridgehead atoms. The summed E-state index contributed by atoms with van der Waals surface area (Å²) >= 11 is 0. The van der Waals surface area contributed by atoms with E-state index >= 15 is 0 Å². The summed E-state index contributed by atoms with van der Waals surface area (Å²) in [6.45, 7) is 3.42. The van der Waals surface area contributed by atoms with Crippen molar-refractivity contribution < 1.29 is 14.3 Å². The molecule has 5 nitrogen and oxygen atoms in total. The van der Waals surface area contributed by atoms with Gasteiger partial charge in [0, 0.05) is 25.6 Å². The third-order valence-electron chi connectivity index (χ3n) is 4.51. The molecule has 1 aromatic carbocycles. The van der Waals surface area contributed by atoms with Crippen molar-refractivity contribution in [2.75, 3.05) is 20.2 Å². The first-order chi connectivity index (χ1) is 11.5. The molecule has 0 aliphatic carbocycles. The van der Waals surface area contributed by atoms with Gasteiger partial charge >= 0.3 is 0 Å². The number of nitrogens with zero attached hydrogens (tertiary/aromatic N) is 1. The van der Waals surface area contributed by atoms with E-state index in [1.165, 1.54) is 0 Å². The quantitative estimate of drug-likeness (QED) is 0.815. The lowest BCUT2D eigenvalue weighted by molar-refractivity contribution is -0.127. The number of rotatable bonds is 6. The van der Waals surface area contributed by atoms with Gasteiger partial charge in [0.25, 0.3) is 0 Å². The zero-order valence-corrected chi connectivity index (χ0v) is 14.5. The van der Waals surface area contributed by atoms with Crippen LogP contribution in [0.25, 0.3) is 5.57 Å². The maximum Gasteiger partial charge on any atom is 0.246 e. The number of hydrogen-bond donors (Lipinski definition) is 1. The molecule has 2 rings (SSSR count). The van der Waals surface area contributed by atoms with Crippen LogP contribution in [0.3, 0.4) is 0 Å². The Morgan fingerprint density at radius 2 is 2.04 bits per heavy atom. The van der Waals surface area contributed by atoms with E-state index in [0.717, 1.165) is 42.7 Å². The number of likely N-dealkylation sites (tertiary alicyclic amines) is 1. The number of amides is 2. The van der Waals surface area contributed by atoms with Crippen molar-refractivity contribution in [2.24, 2.45) is 11.7 Å². The van der Waals surface area contributed by atoms with Crippen molar-refractivity contribution >= 4 is 17.4 Å². The Bertz CT molecular complexity index is 608. The molecule has 1 fully saturated rings. The molecule has 2 N–H and O–H groups in total. The van der Waals surface area contributed by atoms with Crippen molar-refractivity contribution in [3.63, 3.8) is 0 Å². The lowest BCUT2D eigenvalue weighted by Crippen LogP contribution is -2.39. The van der Waals surface area contributed by atoms with Crippen LogP contribution in [-0.2, 0) is 9.59 Å². The summed E-state index contributed by atoms with van der Waals surface area (Å²) < 4.78 is 5.15. The first kappa shape index (κ1) is 18.0. The van der Waals surface area contributed by atoms with Gasteiger partial charge in [-0.05, 0) is 55.4 Å². The van der Waals surface area contributed by atoms with Crippen LogP contribution in [0.1, 0.15) is 38.2 Å². The van der Waals surface area contributed by atoms with E-state index in [1.54, 1.807) is 13.2 Å². The molecule has 0 spiro atoms. The number of piperidine rings is 1. The third kappa shape index (κ3) is 5.11. The zero-order chi connectivity index (χ0) is 17.5. The number of allylic oxidation sites excluding steroid dienone is 1. The van der Waals surface area contributed by atoms with Gasteiger partial charge in [0.05, 0.1) is 7.11 Å². The molecule has 0 aromatic heterocycles. The lowest BCUT2D eigenvalue weighted by atomic mass is 9.93. The molecule has 0 saturated carbocycles. The number of carbonyl (C=O) groups excluding carboxylic acids is 2. The molecule has 1 heterocycles. The van der Waals surface area contributed by atoms with Gasteiger partial charge < -0.3 is 15.4 Å². The van der Waals surface area contributed by atoms with Gasteiger partial charge in [-0.1, -0.05) is 12.1 Å². The highest BCUT2D eigenvalue weighted by Crippen LogP contribution is 2.23. The van der Waals surface area contributed by atoms with E-state index in [4.69, 9.17) is 10.5 Å². The fraction of sp³-hybridized carbons (Fsp3) is 0.474. The van der Waals surface area contributed by atoms with Gasteiger partial charge in [0.2, 0.25) is 11.8 Å². The Morgan fingerprint density at radius 3 is 2.67 bits per heavy atom. The van der Waals surface area contributed by atoms with E-state index in [-0.39, 0.29) is 11.8 Å². The Hall–Kier alpha value is -2.30. The summed E-state index contributed by atoms with van der Waals surface area (Å²) in [6.07, 6.45) is 4.88. The molecule has 130 valence electrons. The average Bonchev–Trinajstić information content (AvgIpc) is 2.60. The fourth-order valence-corrected chi connectivity index (χ4v) is 3.06. The molecule has 1 aliphatic rings. The van der Waals surface area contributed by atoms with Gasteiger partial charge in [0.1, 0.15) is 5.75 Å². The van der Waals surface area contributed by atoms with Crippen LogP contribution in [0.2, 0.25) is 0 Å².